The van der Waals surface area contributed by atoms with Crippen molar-refractivity contribution in [1.82, 2.24) is 0 Å². The topological polar surface area (TPSA) is 44.8 Å². The Morgan fingerprint density at radius 2 is 1.59 bits per heavy atom. The Hall–Kier alpha value is -1.71. The van der Waals surface area contributed by atoms with Gasteiger partial charge in [-0.1, -0.05) is 0 Å². The van der Waals surface area contributed by atoms with Gasteiger partial charge in [0.05, 0.1) is 21.3 Å². The zero-order valence-corrected chi connectivity index (χ0v) is 10.3. The van der Waals surface area contributed by atoms with Crippen LogP contribution in [0.4, 0.5) is 0 Å². The first kappa shape index (κ1) is 11.8. The first-order valence-electron chi connectivity index (χ1n) is 5.54. The average Bonchev–Trinajstić information content (AvgIpc) is 2.36. The van der Waals surface area contributed by atoms with Gasteiger partial charge >= 0.3 is 0 Å². The van der Waals surface area contributed by atoms with Crippen LogP contribution in [0.15, 0.2) is 12.1 Å². The van der Waals surface area contributed by atoms with E-state index in [0.29, 0.717) is 23.7 Å². The van der Waals surface area contributed by atoms with Crippen LogP contribution in [0.25, 0.3) is 0 Å². The van der Waals surface area contributed by atoms with Crippen LogP contribution >= 0.6 is 0 Å². The second-order valence-electron chi connectivity index (χ2n) is 4.01. The number of benzene rings is 1. The van der Waals surface area contributed by atoms with Gasteiger partial charge in [0.15, 0.2) is 11.5 Å². The summed E-state index contributed by atoms with van der Waals surface area (Å²) in [5.41, 5.74) is 0.890. The molecule has 1 aliphatic carbocycles. The van der Waals surface area contributed by atoms with Crippen molar-refractivity contribution in [2.45, 2.75) is 18.8 Å². The minimum atomic E-state index is -0.0512. The summed E-state index contributed by atoms with van der Waals surface area (Å²) in [6.07, 6.45) is 1.53. The van der Waals surface area contributed by atoms with Crippen LogP contribution in [0.3, 0.4) is 0 Å². The molecular formula is C13H16O4. The van der Waals surface area contributed by atoms with Gasteiger partial charge in [0.1, 0.15) is 11.5 Å². The molecule has 1 saturated carbocycles. The maximum atomic E-state index is 11.5. The van der Waals surface area contributed by atoms with Crippen LogP contribution < -0.4 is 14.2 Å². The highest BCUT2D eigenvalue weighted by Crippen LogP contribution is 2.43. The molecule has 1 atom stereocenters. The monoisotopic (exact) mass is 236 g/mol. The lowest BCUT2D eigenvalue weighted by Crippen LogP contribution is -2.23. The third-order valence-corrected chi connectivity index (χ3v) is 3.18. The van der Waals surface area contributed by atoms with Crippen molar-refractivity contribution in [1.29, 1.82) is 0 Å². The largest absolute Gasteiger partial charge is 0.496 e. The van der Waals surface area contributed by atoms with Crippen molar-refractivity contribution in [2.75, 3.05) is 21.3 Å². The van der Waals surface area contributed by atoms with E-state index in [2.05, 4.69) is 0 Å². The molecule has 0 saturated heterocycles. The van der Waals surface area contributed by atoms with Gasteiger partial charge in [0.25, 0.3) is 0 Å². The molecule has 0 unspecified atom stereocenters. The molecule has 0 bridgehead atoms. The van der Waals surface area contributed by atoms with Crippen LogP contribution in [0.1, 0.15) is 24.3 Å². The van der Waals surface area contributed by atoms with Gasteiger partial charge in [0.2, 0.25) is 0 Å². The maximum Gasteiger partial charge on any atom is 0.164 e. The van der Waals surface area contributed by atoms with Crippen molar-refractivity contribution >= 4 is 5.78 Å². The molecule has 0 spiro atoms. The molecule has 1 aliphatic rings. The Labute approximate surface area is 100 Å². The fourth-order valence-corrected chi connectivity index (χ4v) is 2.06. The summed E-state index contributed by atoms with van der Waals surface area (Å²) in [6, 6.07) is 3.60. The van der Waals surface area contributed by atoms with Crippen molar-refractivity contribution in [2.24, 2.45) is 0 Å². The Bertz CT molecular complexity index is 439. The summed E-state index contributed by atoms with van der Waals surface area (Å²) in [5.74, 6) is 2.13. The molecule has 0 aromatic heterocycles. The lowest BCUT2D eigenvalue weighted by atomic mass is 9.78. The summed E-state index contributed by atoms with van der Waals surface area (Å²) in [4.78, 5) is 11.5. The van der Waals surface area contributed by atoms with Gasteiger partial charge < -0.3 is 14.2 Å². The number of ether oxygens (including phenoxy) is 3. The molecule has 1 aromatic rings. The maximum absolute atomic E-state index is 11.5. The van der Waals surface area contributed by atoms with Gasteiger partial charge in [-0.2, -0.15) is 0 Å². The van der Waals surface area contributed by atoms with Crippen LogP contribution in [-0.2, 0) is 4.79 Å². The molecule has 92 valence electrons. The summed E-state index contributed by atoms with van der Waals surface area (Å²) in [5, 5.41) is 0. The van der Waals surface area contributed by atoms with Gasteiger partial charge in [-0.15, -0.1) is 0 Å². The van der Waals surface area contributed by atoms with Crippen LogP contribution in [0.5, 0.6) is 17.2 Å². The summed E-state index contributed by atoms with van der Waals surface area (Å²) in [6.45, 7) is 0. The van der Waals surface area contributed by atoms with E-state index in [1.165, 1.54) is 0 Å². The summed E-state index contributed by atoms with van der Waals surface area (Å²) >= 11 is 0. The SMILES string of the molecule is COc1cc(OC)c([C@H]2CCC2=O)cc1OC. The number of hydrogen-bond acceptors (Lipinski definition) is 4. The van der Waals surface area contributed by atoms with E-state index < -0.39 is 0 Å². The Balaban J connectivity index is 2.45. The number of hydrogen-bond donors (Lipinski definition) is 0. The predicted molar refractivity (Wildman–Crippen MR) is 63.1 cm³/mol. The second kappa shape index (κ2) is 4.65. The van der Waals surface area contributed by atoms with Crippen molar-refractivity contribution in [3.05, 3.63) is 17.7 Å². The molecule has 17 heavy (non-hydrogen) atoms. The van der Waals surface area contributed by atoms with E-state index in [1.807, 2.05) is 6.07 Å². The highest BCUT2D eigenvalue weighted by molar-refractivity contribution is 5.92. The lowest BCUT2D eigenvalue weighted by Gasteiger charge is -2.26. The van der Waals surface area contributed by atoms with E-state index in [0.717, 1.165) is 12.0 Å². The van der Waals surface area contributed by atoms with Crippen LogP contribution in [0.2, 0.25) is 0 Å². The Kier molecular flexibility index (Phi) is 3.22. The van der Waals surface area contributed by atoms with Gasteiger partial charge in [-0.3, -0.25) is 4.79 Å². The standard InChI is InChI=1S/C13H16O4/c1-15-11-7-13(17-3)12(16-2)6-9(11)8-4-5-10(8)14/h6-8H,4-5H2,1-3H3/t8-/m1/s1. The number of rotatable bonds is 4. The Morgan fingerprint density at radius 3 is 2.00 bits per heavy atom. The third kappa shape index (κ3) is 1.95. The minimum absolute atomic E-state index is 0.0512. The average molecular weight is 236 g/mol. The molecule has 0 aliphatic heterocycles. The minimum Gasteiger partial charge on any atom is -0.496 e. The number of Topliss-reactive ketones (excluding diaryl/α,β-unsaturated/α-hetero) is 1. The summed E-state index contributed by atoms with van der Waals surface area (Å²) in [7, 11) is 4.75. The zero-order valence-electron chi connectivity index (χ0n) is 10.3. The van der Waals surface area contributed by atoms with Crippen LogP contribution in [0, 0.1) is 0 Å². The van der Waals surface area contributed by atoms with E-state index in [1.54, 1.807) is 27.4 Å². The predicted octanol–water partition coefficient (Wildman–Crippen LogP) is 2.16. The second-order valence-corrected chi connectivity index (χ2v) is 4.01. The lowest BCUT2D eigenvalue weighted by molar-refractivity contribution is -0.125. The van der Waals surface area contributed by atoms with E-state index in [-0.39, 0.29) is 11.7 Å². The third-order valence-electron chi connectivity index (χ3n) is 3.18. The van der Waals surface area contributed by atoms with Gasteiger partial charge in [-0.05, 0) is 12.5 Å². The first-order chi connectivity index (χ1) is 8.21. The number of carbonyl (C=O) groups is 1. The summed E-state index contributed by atoms with van der Waals surface area (Å²) < 4.78 is 15.7. The number of ketones is 1. The molecule has 0 N–H and O–H groups in total. The van der Waals surface area contributed by atoms with Gasteiger partial charge in [-0.25, -0.2) is 0 Å². The smallest absolute Gasteiger partial charge is 0.164 e. The molecule has 4 nitrogen and oxygen atoms in total. The molecule has 1 aromatic carbocycles. The molecule has 1 fully saturated rings. The first-order valence-corrected chi connectivity index (χ1v) is 5.54. The quantitative estimate of drug-likeness (QED) is 0.803. The van der Waals surface area contributed by atoms with E-state index in [9.17, 15) is 4.79 Å². The zero-order chi connectivity index (χ0) is 12.4. The number of methoxy groups -OCH3 is 3. The number of carbonyl (C=O) groups excluding carboxylic acids is 1. The van der Waals surface area contributed by atoms with Gasteiger partial charge in [0, 0.05) is 24.0 Å². The molecule has 0 heterocycles. The Morgan fingerprint density at radius 1 is 1.00 bits per heavy atom. The molecule has 0 amide bonds. The molecule has 2 rings (SSSR count). The fourth-order valence-electron chi connectivity index (χ4n) is 2.06. The van der Waals surface area contributed by atoms with Crippen molar-refractivity contribution in [3.8, 4) is 17.2 Å². The molecule has 0 radical (unpaired) electrons. The highest BCUT2D eigenvalue weighted by atomic mass is 16.5. The molecular weight excluding hydrogens is 220 g/mol. The fraction of sp³-hybridized carbons (Fsp3) is 0.462. The normalized spacial score (nSPS) is 18.5. The van der Waals surface area contributed by atoms with E-state index in [4.69, 9.17) is 14.2 Å². The van der Waals surface area contributed by atoms with Crippen LogP contribution in [-0.4, -0.2) is 27.1 Å². The van der Waals surface area contributed by atoms with Crippen molar-refractivity contribution < 1.29 is 19.0 Å². The van der Waals surface area contributed by atoms with Crippen molar-refractivity contribution in [3.63, 3.8) is 0 Å². The molecule has 4 heteroatoms. The highest BCUT2D eigenvalue weighted by Gasteiger charge is 2.32. The van der Waals surface area contributed by atoms with E-state index >= 15 is 0 Å².